The van der Waals surface area contributed by atoms with Gasteiger partial charge in [-0.15, -0.1) is 0 Å². The Kier molecular flexibility index (Phi) is 3.65. The molecule has 0 bridgehead atoms. The van der Waals surface area contributed by atoms with Gasteiger partial charge in [0, 0.05) is 18.2 Å². The summed E-state index contributed by atoms with van der Waals surface area (Å²) in [7, 11) is 0. The lowest BCUT2D eigenvalue weighted by atomic mass is 10.0. The topological polar surface area (TPSA) is 56.0 Å². The predicted molar refractivity (Wildman–Crippen MR) is 66.4 cm³/mol. The van der Waals surface area contributed by atoms with Crippen LogP contribution in [-0.2, 0) is 6.54 Å². The van der Waals surface area contributed by atoms with Crippen molar-refractivity contribution in [2.24, 2.45) is 5.92 Å². The minimum Gasteiger partial charge on any atom is -0.508 e. The zero-order valence-corrected chi connectivity index (χ0v) is 10.1. The van der Waals surface area contributed by atoms with Crippen LogP contribution in [0.4, 0.5) is 0 Å². The van der Waals surface area contributed by atoms with Crippen molar-refractivity contribution < 1.29 is 5.11 Å². The van der Waals surface area contributed by atoms with Gasteiger partial charge in [0.2, 0.25) is 0 Å². The van der Waals surface area contributed by atoms with E-state index < -0.39 is 0 Å². The first-order chi connectivity index (χ1) is 8.20. The minimum absolute atomic E-state index is 0.127. The third-order valence-electron chi connectivity index (χ3n) is 3.47. The lowest BCUT2D eigenvalue weighted by molar-refractivity contribution is 0.439. The fourth-order valence-electron chi connectivity index (χ4n) is 2.46. The van der Waals surface area contributed by atoms with Crippen molar-refractivity contribution in [1.82, 2.24) is 5.32 Å². The van der Waals surface area contributed by atoms with Gasteiger partial charge in [0.1, 0.15) is 5.75 Å². The number of aryl methyl sites for hydroxylation is 1. The Morgan fingerprint density at radius 1 is 1.47 bits per heavy atom. The molecule has 1 fully saturated rings. The van der Waals surface area contributed by atoms with Gasteiger partial charge in [-0.25, -0.2) is 0 Å². The maximum Gasteiger partial charge on any atom is 0.120 e. The lowest BCUT2D eigenvalue weighted by Gasteiger charge is -2.16. The van der Waals surface area contributed by atoms with E-state index in [0.717, 1.165) is 30.4 Å². The number of nitrogens with zero attached hydrogens (tertiary/aromatic N) is 1. The summed E-state index contributed by atoms with van der Waals surface area (Å²) in [6.07, 6.45) is 3.18. The number of benzene rings is 1. The fraction of sp³-hybridized carbons (Fsp3) is 0.500. The van der Waals surface area contributed by atoms with E-state index in [0.29, 0.717) is 12.3 Å². The third-order valence-corrected chi connectivity index (χ3v) is 3.47. The van der Waals surface area contributed by atoms with Crippen molar-refractivity contribution in [1.29, 1.82) is 5.26 Å². The van der Waals surface area contributed by atoms with Gasteiger partial charge >= 0.3 is 0 Å². The number of phenolic OH excluding ortho intramolecular Hbond substituents is 1. The average molecular weight is 230 g/mol. The molecule has 2 unspecified atom stereocenters. The van der Waals surface area contributed by atoms with Crippen LogP contribution in [0.3, 0.4) is 0 Å². The summed E-state index contributed by atoms with van der Waals surface area (Å²) in [4.78, 5) is 0. The van der Waals surface area contributed by atoms with E-state index in [1.165, 1.54) is 0 Å². The van der Waals surface area contributed by atoms with Crippen LogP contribution in [0.1, 0.15) is 30.4 Å². The zero-order valence-electron chi connectivity index (χ0n) is 10.1. The molecule has 1 aliphatic carbocycles. The molecule has 0 spiro atoms. The number of nitriles is 1. The van der Waals surface area contributed by atoms with Gasteiger partial charge in [0.05, 0.1) is 12.0 Å². The highest BCUT2D eigenvalue weighted by atomic mass is 16.3. The average Bonchev–Trinajstić information content (AvgIpc) is 2.77. The molecule has 0 radical (unpaired) electrons. The van der Waals surface area contributed by atoms with Gasteiger partial charge in [-0.1, -0.05) is 24.1 Å². The molecule has 1 saturated carbocycles. The Hall–Kier alpha value is -1.53. The van der Waals surface area contributed by atoms with Gasteiger partial charge < -0.3 is 10.4 Å². The molecule has 17 heavy (non-hydrogen) atoms. The molecule has 1 aromatic rings. The number of hydrogen-bond acceptors (Lipinski definition) is 3. The summed E-state index contributed by atoms with van der Waals surface area (Å²) < 4.78 is 0. The molecular weight excluding hydrogens is 212 g/mol. The first-order valence-electron chi connectivity index (χ1n) is 6.12. The maximum atomic E-state index is 9.73. The summed E-state index contributed by atoms with van der Waals surface area (Å²) in [6.45, 7) is 2.65. The molecule has 0 heterocycles. The first kappa shape index (κ1) is 11.9. The van der Waals surface area contributed by atoms with E-state index in [-0.39, 0.29) is 12.0 Å². The predicted octanol–water partition coefficient (Wildman–Crippen LogP) is 2.48. The summed E-state index contributed by atoms with van der Waals surface area (Å²) in [5.41, 5.74) is 2.05. The second-order valence-corrected chi connectivity index (χ2v) is 4.79. The molecule has 2 atom stereocenters. The van der Waals surface area contributed by atoms with Gasteiger partial charge in [0.25, 0.3) is 0 Å². The largest absolute Gasteiger partial charge is 0.508 e. The molecule has 1 aliphatic rings. The van der Waals surface area contributed by atoms with Crippen LogP contribution in [0, 0.1) is 24.2 Å². The van der Waals surface area contributed by atoms with Crippen molar-refractivity contribution in [3.8, 4) is 11.8 Å². The second-order valence-electron chi connectivity index (χ2n) is 4.79. The van der Waals surface area contributed by atoms with Crippen LogP contribution < -0.4 is 5.32 Å². The zero-order chi connectivity index (χ0) is 12.3. The van der Waals surface area contributed by atoms with Crippen LogP contribution in [0.25, 0.3) is 0 Å². The summed E-state index contributed by atoms with van der Waals surface area (Å²) in [6, 6.07) is 8.23. The Labute approximate surface area is 102 Å². The van der Waals surface area contributed by atoms with Crippen LogP contribution in [0.2, 0.25) is 0 Å². The van der Waals surface area contributed by atoms with E-state index in [2.05, 4.69) is 11.4 Å². The van der Waals surface area contributed by atoms with E-state index in [9.17, 15) is 5.11 Å². The normalized spacial score (nSPS) is 23.5. The highest BCUT2D eigenvalue weighted by molar-refractivity contribution is 5.35. The molecule has 3 heteroatoms. The van der Waals surface area contributed by atoms with Gasteiger partial charge in [-0.3, -0.25) is 0 Å². The standard InChI is InChI=1S/C14H18N2O/c1-10-5-6-14(17)12(7-10)9-16-13-4-2-3-11(13)8-15/h5-7,11,13,16-17H,2-4,9H2,1H3. The van der Waals surface area contributed by atoms with Crippen molar-refractivity contribution in [3.05, 3.63) is 29.3 Å². The lowest BCUT2D eigenvalue weighted by Crippen LogP contribution is -2.31. The van der Waals surface area contributed by atoms with Gasteiger partial charge in [-0.2, -0.15) is 5.26 Å². The van der Waals surface area contributed by atoms with Crippen molar-refractivity contribution in [2.75, 3.05) is 0 Å². The van der Waals surface area contributed by atoms with Crippen LogP contribution in [0.5, 0.6) is 5.75 Å². The quantitative estimate of drug-likeness (QED) is 0.838. The molecule has 0 aromatic heterocycles. The van der Waals surface area contributed by atoms with Gasteiger partial charge in [0.15, 0.2) is 0 Å². The Morgan fingerprint density at radius 2 is 2.29 bits per heavy atom. The number of rotatable bonds is 3. The summed E-state index contributed by atoms with van der Waals surface area (Å²) >= 11 is 0. The molecule has 2 N–H and O–H groups in total. The van der Waals surface area contributed by atoms with Crippen LogP contribution in [-0.4, -0.2) is 11.1 Å². The molecule has 2 rings (SSSR count). The molecule has 0 amide bonds. The minimum atomic E-state index is 0.127. The second kappa shape index (κ2) is 5.20. The van der Waals surface area contributed by atoms with E-state index in [1.807, 2.05) is 19.1 Å². The van der Waals surface area contributed by atoms with Crippen molar-refractivity contribution >= 4 is 0 Å². The maximum absolute atomic E-state index is 9.73. The Bertz CT molecular complexity index is 436. The van der Waals surface area contributed by atoms with Crippen molar-refractivity contribution in [2.45, 2.75) is 38.8 Å². The number of aromatic hydroxyl groups is 1. The molecule has 0 saturated heterocycles. The Balaban J connectivity index is 1.98. The van der Waals surface area contributed by atoms with Crippen molar-refractivity contribution in [3.63, 3.8) is 0 Å². The molecule has 1 aromatic carbocycles. The van der Waals surface area contributed by atoms with Gasteiger partial charge in [-0.05, 0) is 25.8 Å². The number of nitrogens with one attached hydrogen (secondary N) is 1. The molecule has 90 valence electrons. The molecule has 0 aliphatic heterocycles. The number of hydrogen-bond donors (Lipinski definition) is 2. The SMILES string of the molecule is Cc1ccc(O)c(CNC2CCCC2C#N)c1. The number of phenols is 1. The molecular formula is C14H18N2O. The van der Waals surface area contributed by atoms with Crippen LogP contribution in [0.15, 0.2) is 18.2 Å². The monoisotopic (exact) mass is 230 g/mol. The van der Waals surface area contributed by atoms with Crippen LogP contribution >= 0.6 is 0 Å². The highest BCUT2D eigenvalue weighted by Gasteiger charge is 2.26. The van der Waals surface area contributed by atoms with E-state index >= 15 is 0 Å². The third kappa shape index (κ3) is 2.78. The fourth-order valence-corrected chi connectivity index (χ4v) is 2.46. The Morgan fingerprint density at radius 3 is 3.06 bits per heavy atom. The first-order valence-corrected chi connectivity index (χ1v) is 6.12. The summed E-state index contributed by atoms with van der Waals surface area (Å²) in [5, 5.41) is 22.1. The smallest absolute Gasteiger partial charge is 0.120 e. The molecule has 3 nitrogen and oxygen atoms in total. The van der Waals surface area contributed by atoms with E-state index in [1.54, 1.807) is 6.07 Å². The van der Waals surface area contributed by atoms with E-state index in [4.69, 9.17) is 5.26 Å². The summed E-state index contributed by atoms with van der Waals surface area (Å²) in [5.74, 6) is 0.455. The highest BCUT2D eigenvalue weighted by Crippen LogP contribution is 2.26.